The summed E-state index contributed by atoms with van der Waals surface area (Å²) in [6.45, 7) is 10.0. The van der Waals surface area contributed by atoms with E-state index in [1.54, 1.807) is 0 Å². The van der Waals surface area contributed by atoms with Crippen LogP contribution in [0.5, 0.6) is 0 Å². The van der Waals surface area contributed by atoms with Crippen LogP contribution in [0, 0.1) is 13.8 Å². The van der Waals surface area contributed by atoms with Gasteiger partial charge in [0.1, 0.15) is 0 Å². The Bertz CT molecular complexity index is 330. The Balaban J connectivity index is 2.47. The Morgan fingerprint density at radius 2 is 1.94 bits per heavy atom. The SMILES string of the molecule is CCCNC(CC)CCc1ccc(C)cc1C. The molecule has 0 spiro atoms. The van der Waals surface area contributed by atoms with Crippen LogP contribution in [0.2, 0.25) is 0 Å². The highest BCUT2D eigenvalue weighted by Gasteiger charge is 2.06. The fourth-order valence-electron chi connectivity index (χ4n) is 2.26. The number of rotatable bonds is 7. The maximum absolute atomic E-state index is 3.62. The molecule has 0 bridgehead atoms. The molecule has 1 atom stereocenters. The third-order valence-corrected chi connectivity index (χ3v) is 3.44. The highest BCUT2D eigenvalue weighted by Crippen LogP contribution is 2.14. The van der Waals surface area contributed by atoms with Gasteiger partial charge in [-0.15, -0.1) is 0 Å². The Morgan fingerprint density at radius 3 is 2.53 bits per heavy atom. The molecule has 1 N–H and O–H groups in total. The zero-order valence-corrected chi connectivity index (χ0v) is 11.8. The van der Waals surface area contributed by atoms with Gasteiger partial charge < -0.3 is 5.32 Å². The van der Waals surface area contributed by atoms with E-state index in [9.17, 15) is 0 Å². The van der Waals surface area contributed by atoms with E-state index in [-0.39, 0.29) is 0 Å². The lowest BCUT2D eigenvalue weighted by Crippen LogP contribution is -2.29. The van der Waals surface area contributed by atoms with Gasteiger partial charge in [-0.1, -0.05) is 37.6 Å². The van der Waals surface area contributed by atoms with E-state index >= 15 is 0 Å². The molecule has 1 unspecified atom stereocenters. The summed E-state index contributed by atoms with van der Waals surface area (Å²) in [5.41, 5.74) is 4.31. The second kappa shape index (κ2) is 7.50. The lowest BCUT2D eigenvalue weighted by Gasteiger charge is -2.17. The Morgan fingerprint density at radius 1 is 1.18 bits per heavy atom. The van der Waals surface area contributed by atoms with Gasteiger partial charge in [-0.2, -0.15) is 0 Å². The molecule has 0 amide bonds. The van der Waals surface area contributed by atoms with Gasteiger partial charge in [0.05, 0.1) is 0 Å². The molecule has 0 aromatic heterocycles. The van der Waals surface area contributed by atoms with Crippen LogP contribution in [0.3, 0.4) is 0 Å². The van der Waals surface area contributed by atoms with Crippen molar-refractivity contribution in [2.24, 2.45) is 0 Å². The zero-order valence-electron chi connectivity index (χ0n) is 11.8. The van der Waals surface area contributed by atoms with E-state index in [1.807, 2.05) is 0 Å². The first kappa shape index (κ1) is 14.2. The van der Waals surface area contributed by atoms with Gasteiger partial charge in [0.15, 0.2) is 0 Å². The number of aryl methyl sites for hydroxylation is 3. The van der Waals surface area contributed by atoms with Crippen LogP contribution in [-0.2, 0) is 6.42 Å². The first-order valence-corrected chi connectivity index (χ1v) is 6.96. The van der Waals surface area contributed by atoms with Crippen molar-refractivity contribution in [3.8, 4) is 0 Å². The maximum atomic E-state index is 3.62. The van der Waals surface area contributed by atoms with Gasteiger partial charge in [-0.25, -0.2) is 0 Å². The topological polar surface area (TPSA) is 12.0 Å². The minimum atomic E-state index is 0.677. The molecular formula is C16H27N. The summed E-state index contributed by atoms with van der Waals surface area (Å²) in [7, 11) is 0. The van der Waals surface area contributed by atoms with Gasteiger partial charge in [0.2, 0.25) is 0 Å². The zero-order chi connectivity index (χ0) is 12.7. The second-order valence-electron chi connectivity index (χ2n) is 5.03. The minimum absolute atomic E-state index is 0.677. The predicted molar refractivity (Wildman–Crippen MR) is 76.6 cm³/mol. The fraction of sp³-hybridized carbons (Fsp3) is 0.625. The molecule has 1 aromatic rings. The Hall–Kier alpha value is -0.820. The van der Waals surface area contributed by atoms with Gasteiger partial charge >= 0.3 is 0 Å². The van der Waals surface area contributed by atoms with Crippen molar-refractivity contribution < 1.29 is 0 Å². The van der Waals surface area contributed by atoms with E-state index < -0.39 is 0 Å². The molecule has 1 aromatic carbocycles. The lowest BCUT2D eigenvalue weighted by atomic mass is 9.98. The number of hydrogen-bond donors (Lipinski definition) is 1. The third kappa shape index (κ3) is 4.91. The van der Waals surface area contributed by atoms with Crippen LogP contribution in [-0.4, -0.2) is 12.6 Å². The number of benzene rings is 1. The van der Waals surface area contributed by atoms with E-state index in [0.29, 0.717) is 6.04 Å². The van der Waals surface area contributed by atoms with Crippen molar-refractivity contribution in [3.63, 3.8) is 0 Å². The summed E-state index contributed by atoms with van der Waals surface area (Å²) in [6, 6.07) is 7.48. The summed E-state index contributed by atoms with van der Waals surface area (Å²) in [5.74, 6) is 0. The molecule has 1 nitrogen and oxygen atoms in total. The van der Waals surface area contributed by atoms with Crippen LogP contribution in [0.15, 0.2) is 18.2 Å². The van der Waals surface area contributed by atoms with Crippen molar-refractivity contribution in [2.75, 3.05) is 6.54 Å². The smallest absolute Gasteiger partial charge is 0.00676 e. The molecule has 0 saturated heterocycles. The molecule has 0 aliphatic rings. The highest BCUT2D eigenvalue weighted by molar-refractivity contribution is 5.30. The molecular weight excluding hydrogens is 206 g/mol. The quantitative estimate of drug-likeness (QED) is 0.750. The predicted octanol–water partition coefficient (Wildman–Crippen LogP) is 4.01. The van der Waals surface area contributed by atoms with E-state index in [4.69, 9.17) is 0 Å². The summed E-state index contributed by atoms with van der Waals surface area (Å²) >= 11 is 0. The first-order chi connectivity index (χ1) is 8.17. The summed E-state index contributed by atoms with van der Waals surface area (Å²) in [6.07, 6.45) is 4.90. The van der Waals surface area contributed by atoms with E-state index in [0.717, 1.165) is 6.54 Å². The summed E-state index contributed by atoms with van der Waals surface area (Å²) in [5, 5.41) is 3.62. The Labute approximate surface area is 107 Å². The molecule has 0 saturated carbocycles. The van der Waals surface area contributed by atoms with E-state index in [1.165, 1.54) is 42.4 Å². The van der Waals surface area contributed by atoms with Crippen molar-refractivity contribution in [1.29, 1.82) is 0 Å². The van der Waals surface area contributed by atoms with Crippen molar-refractivity contribution in [3.05, 3.63) is 34.9 Å². The van der Waals surface area contributed by atoms with Crippen molar-refractivity contribution in [2.45, 2.75) is 59.4 Å². The molecule has 1 rings (SSSR count). The average molecular weight is 233 g/mol. The molecule has 96 valence electrons. The molecule has 0 radical (unpaired) electrons. The van der Waals surface area contributed by atoms with Gasteiger partial charge in [0.25, 0.3) is 0 Å². The molecule has 0 aliphatic carbocycles. The van der Waals surface area contributed by atoms with Crippen LogP contribution >= 0.6 is 0 Å². The molecule has 1 heteroatoms. The molecule has 0 fully saturated rings. The maximum Gasteiger partial charge on any atom is 0.00676 e. The van der Waals surface area contributed by atoms with Crippen LogP contribution in [0.1, 0.15) is 49.8 Å². The third-order valence-electron chi connectivity index (χ3n) is 3.44. The van der Waals surface area contributed by atoms with Gasteiger partial charge in [-0.3, -0.25) is 0 Å². The van der Waals surface area contributed by atoms with Crippen molar-refractivity contribution in [1.82, 2.24) is 5.32 Å². The fourth-order valence-corrected chi connectivity index (χ4v) is 2.26. The number of hydrogen-bond acceptors (Lipinski definition) is 1. The normalized spacial score (nSPS) is 12.7. The molecule has 0 aliphatic heterocycles. The highest BCUT2D eigenvalue weighted by atomic mass is 14.9. The summed E-state index contributed by atoms with van der Waals surface area (Å²) < 4.78 is 0. The minimum Gasteiger partial charge on any atom is -0.314 e. The van der Waals surface area contributed by atoms with Gasteiger partial charge in [-0.05, 0) is 57.2 Å². The monoisotopic (exact) mass is 233 g/mol. The van der Waals surface area contributed by atoms with Crippen LogP contribution < -0.4 is 5.32 Å². The largest absolute Gasteiger partial charge is 0.314 e. The van der Waals surface area contributed by atoms with E-state index in [2.05, 4.69) is 51.2 Å². The Kier molecular flexibility index (Phi) is 6.28. The number of nitrogens with one attached hydrogen (secondary N) is 1. The molecule has 17 heavy (non-hydrogen) atoms. The van der Waals surface area contributed by atoms with Crippen molar-refractivity contribution >= 4 is 0 Å². The van der Waals surface area contributed by atoms with Gasteiger partial charge in [0, 0.05) is 6.04 Å². The summed E-state index contributed by atoms with van der Waals surface area (Å²) in [4.78, 5) is 0. The van der Waals surface area contributed by atoms with Crippen LogP contribution in [0.25, 0.3) is 0 Å². The standard InChI is InChI=1S/C16H27N/c1-5-11-17-16(6-2)10-9-15-8-7-13(3)12-14(15)4/h7-8,12,16-17H,5-6,9-11H2,1-4H3. The average Bonchev–Trinajstić information content (AvgIpc) is 2.31. The first-order valence-electron chi connectivity index (χ1n) is 6.96. The van der Waals surface area contributed by atoms with Crippen LogP contribution in [0.4, 0.5) is 0 Å². The molecule has 0 heterocycles. The second-order valence-corrected chi connectivity index (χ2v) is 5.03. The lowest BCUT2D eigenvalue weighted by molar-refractivity contribution is 0.468.